The molecule has 18 heavy (non-hydrogen) atoms. The Kier molecular flexibility index (Phi) is 6.22. The maximum atomic E-state index is 11.8. The first-order valence-corrected chi connectivity index (χ1v) is 6.50. The molecule has 1 aromatic rings. The zero-order chi connectivity index (χ0) is 13.6. The largest absolute Gasteiger partial charge is 0.460 e. The fourth-order valence-electron chi connectivity index (χ4n) is 1.41. The number of carbonyl (C=O) groups is 1. The Hall–Kier alpha value is -0.480. The monoisotopic (exact) mass is 309 g/mol. The number of hydrogen-bond donors (Lipinski definition) is 1. The van der Waals surface area contributed by atoms with Gasteiger partial charge in [-0.15, -0.1) is 0 Å². The first-order chi connectivity index (χ1) is 8.42. The molecule has 0 aliphatic rings. The maximum absolute atomic E-state index is 11.8. The fraction of sp³-hybridized carbons (Fsp3) is 0.417. The summed E-state index contributed by atoms with van der Waals surface area (Å²) in [5, 5.41) is 2.88. The molecular weight excluding hydrogens is 296 g/mol. The Labute approximate surface area is 121 Å². The highest BCUT2D eigenvalue weighted by molar-refractivity contribution is 6.67. The summed E-state index contributed by atoms with van der Waals surface area (Å²) in [5.74, 6) is -0.437. The third-order valence-corrected chi connectivity index (χ3v) is 2.62. The SMILES string of the molecule is CN[C@@H](Cc1ccccc1)C(=O)OCC(Cl)(Cl)Cl. The molecule has 0 unspecified atom stereocenters. The van der Waals surface area contributed by atoms with Crippen LogP contribution in [0.25, 0.3) is 0 Å². The molecule has 0 aliphatic heterocycles. The van der Waals surface area contributed by atoms with Crippen molar-refractivity contribution in [2.75, 3.05) is 13.7 Å². The summed E-state index contributed by atoms with van der Waals surface area (Å²) in [4.78, 5) is 11.8. The molecule has 0 heterocycles. The van der Waals surface area contributed by atoms with Gasteiger partial charge in [-0.1, -0.05) is 65.1 Å². The van der Waals surface area contributed by atoms with E-state index in [1.807, 2.05) is 30.3 Å². The standard InChI is InChI=1S/C12H14Cl3NO2/c1-16-10(7-9-5-3-2-4-6-9)11(17)18-8-12(13,14)15/h2-6,10,16H,7-8H2,1H3/t10-/m0/s1. The third-order valence-electron chi connectivity index (χ3n) is 2.29. The van der Waals surface area contributed by atoms with Crippen molar-refractivity contribution in [1.82, 2.24) is 5.32 Å². The van der Waals surface area contributed by atoms with Gasteiger partial charge in [-0.3, -0.25) is 4.79 Å². The Morgan fingerprint density at radius 1 is 1.33 bits per heavy atom. The van der Waals surface area contributed by atoms with Crippen molar-refractivity contribution in [3.05, 3.63) is 35.9 Å². The van der Waals surface area contributed by atoms with Gasteiger partial charge in [-0.25, -0.2) is 0 Å². The van der Waals surface area contributed by atoms with Gasteiger partial charge < -0.3 is 10.1 Å². The van der Waals surface area contributed by atoms with Crippen LogP contribution in [0, 0.1) is 0 Å². The van der Waals surface area contributed by atoms with E-state index in [1.54, 1.807) is 7.05 Å². The minimum absolute atomic E-state index is 0.260. The van der Waals surface area contributed by atoms with Gasteiger partial charge in [0.1, 0.15) is 12.6 Å². The molecule has 100 valence electrons. The van der Waals surface area contributed by atoms with Crippen molar-refractivity contribution in [3.63, 3.8) is 0 Å². The molecular formula is C12H14Cl3NO2. The second-order valence-corrected chi connectivity index (χ2v) is 6.27. The average Bonchev–Trinajstić information content (AvgIpc) is 2.33. The van der Waals surface area contributed by atoms with Crippen molar-refractivity contribution >= 4 is 40.8 Å². The highest BCUT2D eigenvalue weighted by Gasteiger charge is 2.25. The number of benzene rings is 1. The molecule has 0 saturated heterocycles. The van der Waals surface area contributed by atoms with Gasteiger partial charge in [0.25, 0.3) is 0 Å². The second-order valence-electron chi connectivity index (χ2n) is 3.75. The van der Waals surface area contributed by atoms with Crippen molar-refractivity contribution < 1.29 is 9.53 Å². The lowest BCUT2D eigenvalue weighted by Gasteiger charge is -2.17. The summed E-state index contributed by atoms with van der Waals surface area (Å²) in [7, 11) is 1.68. The van der Waals surface area contributed by atoms with Crippen LogP contribution in [0.1, 0.15) is 5.56 Å². The number of carbonyl (C=O) groups excluding carboxylic acids is 1. The van der Waals surface area contributed by atoms with Crippen LogP contribution < -0.4 is 5.32 Å². The van der Waals surface area contributed by atoms with E-state index in [4.69, 9.17) is 39.5 Å². The highest BCUT2D eigenvalue weighted by Crippen LogP contribution is 2.26. The van der Waals surface area contributed by atoms with Gasteiger partial charge in [-0.05, 0) is 19.0 Å². The summed E-state index contributed by atoms with van der Waals surface area (Å²) in [6.07, 6.45) is 0.524. The number of likely N-dealkylation sites (N-methyl/N-ethyl adjacent to an activating group) is 1. The maximum Gasteiger partial charge on any atom is 0.323 e. The Bertz CT molecular complexity index is 379. The predicted octanol–water partition coefficient (Wildman–Crippen LogP) is 2.73. The lowest BCUT2D eigenvalue weighted by Crippen LogP contribution is -2.38. The van der Waals surface area contributed by atoms with Crippen molar-refractivity contribution in [3.8, 4) is 0 Å². The van der Waals surface area contributed by atoms with E-state index in [0.29, 0.717) is 6.42 Å². The number of nitrogens with one attached hydrogen (secondary N) is 1. The molecule has 0 bridgehead atoms. The van der Waals surface area contributed by atoms with Crippen LogP contribution in [0.2, 0.25) is 0 Å². The molecule has 0 spiro atoms. The molecule has 1 aromatic carbocycles. The minimum Gasteiger partial charge on any atom is -0.460 e. The van der Waals surface area contributed by atoms with Crippen molar-refractivity contribution in [1.29, 1.82) is 0 Å². The Morgan fingerprint density at radius 2 is 1.94 bits per heavy atom. The van der Waals surface area contributed by atoms with Gasteiger partial charge in [0.2, 0.25) is 3.79 Å². The van der Waals surface area contributed by atoms with Gasteiger partial charge >= 0.3 is 5.97 Å². The number of esters is 1. The second kappa shape index (κ2) is 7.19. The average molecular weight is 311 g/mol. The zero-order valence-electron chi connectivity index (χ0n) is 9.83. The summed E-state index contributed by atoms with van der Waals surface area (Å²) < 4.78 is 3.35. The molecule has 0 aliphatic carbocycles. The summed E-state index contributed by atoms with van der Waals surface area (Å²) in [5.41, 5.74) is 1.03. The first-order valence-electron chi connectivity index (χ1n) is 5.37. The summed E-state index contributed by atoms with van der Waals surface area (Å²) in [6, 6.07) is 9.15. The summed E-state index contributed by atoms with van der Waals surface area (Å²) >= 11 is 16.6. The number of alkyl halides is 3. The molecule has 0 saturated carbocycles. The van der Waals surface area contributed by atoms with Crippen LogP contribution in [0.3, 0.4) is 0 Å². The fourth-order valence-corrected chi connectivity index (χ4v) is 1.57. The van der Waals surface area contributed by atoms with Gasteiger partial charge in [0.15, 0.2) is 0 Å². The van der Waals surface area contributed by atoms with Crippen LogP contribution in [-0.4, -0.2) is 29.5 Å². The van der Waals surface area contributed by atoms with E-state index in [-0.39, 0.29) is 6.61 Å². The molecule has 1 rings (SSSR count). The van der Waals surface area contributed by atoms with E-state index in [0.717, 1.165) is 5.56 Å². The number of hydrogen-bond acceptors (Lipinski definition) is 3. The van der Waals surface area contributed by atoms with Gasteiger partial charge in [-0.2, -0.15) is 0 Å². The van der Waals surface area contributed by atoms with Crippen LogP contribution >= 0.6 is 34.8 Å². The first kappa shape index (κ1) is 15.6. The van der Waals surface area contributed by atoms with Crippen LogP contribution in [0.5, 0.6) is 0 Å². The Morgan fingerprint density at radius 3 is 2.44 bits per heavy atom. The molecule has 3 nitrogen and oxygen atoms in total. The van der Waals surface area contributed by atoms with E-state index >= 15 is 0 Å². The van der Waals surface area contributed by atoms with E-state index in [9.17, 15) is 4.79 Å². The molecule has 0 aromatic heterocycles. The zero-order valence-corrected chi connectivity index (χ0v) is 12.1. The molecule has 0 amide bonds. The molecule has 1 atom stereocenters. The normalized spacial score (nSPS) is 13.1. The Balaban J connectivity index is 2.53. The van der Waals surface area contributed by atoms with Crippen molar-refractivity contribution in [2.45, 2.75) is 16.3 Å². The lowest BCUT2D eigenvalue weighted by atomic mass is 10.1. The van der Waals surface area contributed by atoms with Gasteiger partial charge in [0.05, 0.1) is 0 Å². The quantitative estimate of drug-likeness (QED) is 0.671. The topological polar surface area (TPSA) is 38.3 Å². The number of rotatable bonds is 5. The van der Waals surface area contributed by atoms with E-state index in [1.165, 1.54) is 0 Å². The smallest absolute Gasteiger partial charge is 0.323 e. The van der Waals surface area contributed by atoms with Crippen LogP contribution in [0.4, 0.5) is 0 Å². The highest BCUT2D eigenvalue weighted by atomic mass is 35.6. The van der Waals surface area contributed by atoms with E-state index < -0.39 is 15.8 Å². The summed E-state index contributed by atoms with van der Waals surface area (Å²) in [6.45, 7) is -0.260. The van der Waals surface area contributed by atoms with Crippen LogP contribution in [-0.2, 0) is 16.0 Å². The molecule has 6 heteroatoms. The molecule has 1 N–H and O–H groups in total. The predicted molar refractivity (Wildman–Crippen MR) is 74.2 cm³/mol. The minimum atomic E-state index is -1.58. The van der Waals surface area contributed by atoms with E-state index in [2.05, 4.69) is 5.32 Å². The molecule has 0 radical (unpaired) electrons. The number of ether oxygens (including phenoxy) is 1. The van der Waals surface area contributed by atoms with Crippen LogP contribution in [0.15, 0.2) is 30.3 Å². The van der Waals surface area contributed by atoms with Crippen molar-refractivity contribution in [2.24, 2.45) is 0 Å². The molecule has 0 fully saturated rings. The number of halogens is 3. The third kappa shape index (κ3) is 5.91. The van der Waals surface area contributed by atoms with Gasteiger partial charge in [0, 0.05) is 0 Å². The lowest BCUT2D eigenvalue weighted by molar-refractivity contribution is -0.145.